The van der Waals surface area contributed by atoms with Crippen LogP contribution in [-0.2, 0) is 9.59 Å². The van der Waals surface area contributed by atoms with Crippen LogP contribution in [0.2, 0.25) is 0 Å². The van der Waals surface area contributed by atoms with E-state index in [0.29, 0.717) is 17.1 Å². The molecule has 0 saturated carbocycles. The maximum atomic E-state index is 12.1. The summed E-state index contributed by atoms with van der Waals surface area (Å²) >= 11 is 1.55. The molecule has 0 fully saturated rings. The minimum Gasteiger partial charge on any atom is -0.326 e. The molecule has 0 heterocycles. The third-order valence-electron chi connectivity index (χ3n) is 3.44. The lowest BCUT2D eigenvalue weighted by molar-refractivity contribution is -0.114. The Morgan fingerprint density at radius 2 is 1.42 bits per heavy atom. The summed E-state index contributed by atoms with van der Waals surface area (Å²) in [6.07, 6.45) is 0. The molecule has 0 bridgehead atoms. The number of rotatable bonds is 5. The number of carbonyl (C=O) groups is 2. The Morgan fingerprint density at radius 3 is 1.92 bits per heavy atom. The average molecular weight is 342 g/mol. The van der Waals surface area contributed by atoms with E-state index in [-0.39, 0.29) is 11.8 Å². The van der Waals surface area contributed by atoms with Gasteiger partial charge in [0.1, 0.15) is 0 Å². The summed E-state index contributed by atoms with van der Waals surface area (Å²) in [4.78, 5) is 24.3. The number of benzene rings is 2. The van der Waals surface area contributed by atoms with Crippen molar-refractivity contribution in [3.63, 3.8) is 0 Å². The van der Waals surface area contributed by atoms with Crippen LogP contribution in [0.3, 0.4) is 0 Å². The molecule has 0 radical (unpaired) electrons. The van der Waals surface area contributed by atoms with E-state index in [1.807, 2.05) is 0 Å². The number of nitrogens with one attached hydrogen (secondary N) is 2. The molecule has 0 unspecified atom stereocenters. The Morgan fingerprint density at radius 1 is 0.917 bits per heavy atom. The summed E-state index contributed by atoms with van der Waals surface area (Å²) in [6.45, 7) is 7.68. The van der Waals surface area contributed by atoms with E-state index in [1.165, 1.54) is 23.6 Å². The molecule has 4 nitrogen and oxygen atoms in total. The quantitative estimate of drug-likeness (QED) is 0.797. The largest absolute Gasteiger partial charge is 0.326 e. The summed E-state index contributed by atoms with van der Waals surface area (Å²) < 4.78 is 0. The standard InChI is InChI=1S/C19H22N2O2S/c1-12-9-13(2)19(14(3)10-12)24-11-18(23)21-17-7-5-16(6-8-17)20-15(4)22/h5-10H,11H2,1-4H3,(H,20,22)(H,21,23). The van der Waals surface area contributed by atoms with Gasteiger partial charge in [-0.05, 0) is 56.2 Å². The van der Waals surface area contributed by atoms with Gasteiger partial charge in [0.2, 0.25) is 11.8 Å². The number of anilines is 2. The molecule has 0 atom stereocenters. The van der Waals surface area contributed by atoms with Crippen LogP contribution in [0.25, 0.3) is 0 Å². The molecule has 0 aliphatic rings. The lowest BCUT2D eigenvalue weighted by atomic mass is 10.1. The number of thioether (sulfide) groups is 1. The first-order valence-electron chi connectivity index (χ1n) is 7.73. The van der Waals surface area contributed by atoms with Crippen LogP contribution in [0.15, 0.2) is 41.3 Å². The molecule has 126 valence electrons. The second kappa shape index (κ2) is 8.02. The lowest BCUT2D eigenvalue weighted by Gasteiger charge is -2.11. The third-order valence-corrected chi connectivity index (χ3v) is 4.78. The molecule has 24 heavy (non-hydrogen) atoms. The van der Waals surface area contributed by atoms with Gasteiger partial charge in [0.15, 0.2) is 0 Å². The lowest BCUT2D eigenvalue weighted by Crippen LogP contribution is -2.14. The second-order valence-corrected chi connectivity index (χ2v) is 6.81. The van der Waals surface area contributed by atoms with Crippen LogP contribution in [0.5, 0.6) is 0 Å². The van der Waals surface area contributed by atoms with Gasteiger partial charge in [-0.1, -0.05) is 17.7 Å². The fourth-order valence-corrected chi connectivity index (χ4v) is 3.49. The van der Waals surface area contributed by atoms with Crippen molar-refractivity contribution in [2.75, 3.05) is 16.4 Å². The number of amides is 2. The van der Waals surface area contributed by atoms with E-state index in [2.05, 4.69) is 43.5 Å². The maximum absolute atomic E-state index is 12.1. The summed E-state index contributed by atoms with van der Waals surface area (Å²) in [5.41, 5.74) is 5.06. The van der Waals surface area contributed by atoms with Crippen LogP contribution in [0.1, 0.15) is 23.6 Å². The van der Waals surface area contributed by atoms with Crippen molar-refractivity contribution in [2.45, 2.75) is 32.6 Å². The summed E-state index contributed by atoms with van der Waals surface area (Å²) in [6, 6.07) is 11.3. The predicted octanol–water partition coefficient (Wildman–Crippen LogP) is 4.30. The van der Waals surface area contributed by atoms with Crippen LogP contribution in [0.4, 0.5) is 11.4 Å². The zero-order valence-corrected chi connectivity index (χ0v) is 15.2. The minimum atomic E-state index is -0.118. The van der Waals surface area contributed by atoms with Crippen LogP contribution in [0, 0.1) is 20.8 Å². The van der Waals surface area contributed by atoms with Crippen molar-refractivity contribution in [1.82, 2.24) is 0 Å². The molecular formula is C19H22N2O2S. The summed E-state index contributed by atoms with van der Waals surface area (Å²) in [5.74, 6) is 0.191. The van der Waals surface area contributed by atoms with Gasteiger partial charge in [-0.15, -0.1) is 11.8 Å². The SMILES string of the molecule is CC(=O)Nc1ccc(NC(=O)CSc2c(C)cc(C)cc2C)cc1. The van der Waals surface area contributed by atoms with Crippen molar-refractivity contribution >= 4 is 35.0 Å². The Labute approximate surface area is 147 Å². The van der Waals surface area contributed by atoms with Gasteiger partial charge >= 0.3 is 0 Å². The molecule has 2 amide bonds. The molecule has 2 rings (SSSR count). The fourth-order valence-electron chi connectivity index (χ4n) is 2.57. The van der Waals surface area contributed by atoms with Crippen LogP contribution >= 0.6 is 11.8 Å². The normalized spacial score (nSPS) is 10.3. The van der Waals surface area contributed by atoms with Gasteiger partial charge in [-0.3, -0.25) is 9.59 Å². The third kappa shape index (κ3) is 5.13. The summed E-state index contributed by atoms with van der Waals surface area (Å²) in [7, 11) is 0. The zero-order chi connectivity index (χ0) is 17.7. The van der Waals surface area contributed by atoms with Crippen molar-refractivity contribution in [3.05, 3.63) is 53.1 Å². The van der Waals surface area contributed by atoms with Crippen molar-refractivity contribution in [2.24, 2.45) is 0 Å². The van der Waals surface area contributed by atoms with E-state index in [4.69, 9.17) is 0 Å². The number of aryl methyl sites for hydroxylation is 3. The zero-order valence-electron chi connectivity index (χ0n) is 14.4. The second-order valence-electron chi connectivity index (χ2n) is 5.82. The van der Waals surface area contributed by atoms with Crippen LogP contribution in [-0.4, -0.2) is 17.6 Å². The monoisotopic (exact) mass is 342 g/mol. The molecule has 0 aliphatic heterocycles. The Kier molecular flexibility index (Phi) is 6.04. The smallest absolute Gasteiger partial charge is 0.234 e. The molecule has 2 N–H and O–H groups in total. The number of hydrogen-bond donors (Lipinski definition) is 2. The highest BCUT2D eigenvalue weighted by Crippen LogP contribution is 2.27. The van der Waals surface area contributed by atoms with Crippen molar-refractivity contribution in [3.8, 4) is 0 Å². The molecule has 0 aliphatic carbocycles. The fraction of sp³-hybridized carbons (Fsp3) is 0.263. The minimum absolute atomic E-state index is 0.0494. The van der Waals surface area contributed by atoms with Gasteiger partial charge in [0, 0.05) is 23.2 Å². The predicted molar refractivity (Wildman–Crippen MR) is 101 cm³/mol. The average Bonchev–Trinajstić information content (AvgIpc) is 2.47. The van der Waals surface area contributed by atoms with Gasteiger partial charge in [0.25, 0.3) is 0 Å². The molecular weight excluding hydrogens is 320 g/mol. The summed E-state index contributed by atoms with van der Waals surface area (Å²) in [5, 5.41) is 5.56. The highest BCUT2D eigenvalue weighted by molar-refractivity contribution is 8.00. The van der Waals surface area contributed by atoms with Gasteiger partial charge in [-0.2, -0.15) is 0 Å². The molecule has 2 aromatic rings. The Hall–Kier alpha value is -2.27. The van der Waals surface area contributed by atoms with E-state index in [9.17, 15) is 9.59 Å². The Balaban J connectivity index is 1.93. The topological polar surface area (TPSA) is 58.2 Å². The highest BCUT2D eigenvalue weighted by atomic mass is 32.2. The Bertz CT molecular complexity index is 731. The van der Waals surface area contributed by atoms with Gasteiger partial charge in [-0.25, -0.2) is 0 Å². The number of hydrogen-bond acceptors (Lipinski definition) is 3. The van der Waals surface area contributed by atoms with Gasteiger partial charge in [0.05, 0.1) is 5.75 Å². The molecule has 0 saturated heterocycles. The van der Waals surface area contributed by atoms with E-state index in [1.54, 1.807) is 36.0 Å². The molecule has 0 spiro atoms. The maximum Gasteiger partial charge on any atom is 0.234 e. The first-order valence-corrected chi connectivity index (χ1v) is 8.72. The first kappa shape index (κ1) is 18.1. The number of carbonyl (C=O) groups excluding carboxylic acids is 2. The molecule has 0 aromatic heterocycles. The molecule has 2 aromatic carbocycles. The molecule has 5 heteroatoms. The van der Waals surface area contributed by atoms with Crippen molar-refractivity contribution < 1.29 is 9.59 Å². The highest BCUT2D eigenvalue weighted by Gasteiger charge is 2.08. The van der Waals surface area contributed by atoms with Gasteiger partial charge < -0.3 is 10.6 Å². The van der Waals surface area contributed by atoms with E-state index in [0.717, 1.165) is 4.90 Å². The van der Waals surface area contributed by atoms with Crippen LogP contribution < -0.4 is 10.6 Å². The van der Waals surface area contributed by atoms with E-state index < -0.39 is 0 Å². The first-order chi connectivity index (χ1) is 11.3. The van der Waals surface area contributed by atoms with E-state index >= 15 is 0 Å². The van der Waals surface area contributed by atoms with Crippen molar-refractivity contribution in [1.29, 1.82) is 0 Å².